The van der Waals surface area contributed by atoms with Crippen LogP contribution in [0.5, 0.6) is 0 Å². The second kappa shape index (κ2) is 8.77. The number of benzene rings is 2. The minimum atomic E-state index is -0.886. The second-order valence-electron chi connectivity index (χ2n) is 11.0. The maximum absolute atomic E-state index is 12.9. The van der Waals surface area contributed by atoms with Crippen LogP contribution in [-0.2, 0) is 12.0 Å². The van der Waals surface area contributed by atoms with Gasteiger partial charge < -0.3 is 10.0 Å². The van der Waals surface area contributed by atoms with Crippen molar-refractivity contribution >= 4 is 12.0 Å². The summed E-state index contributed by atoms with van der Waals surface area (Å²) in [5, 5.41) is 10.1. The summed E-state index contributed by atoms with van der Waals surface area (Å²) in [5.41, 5.74) is 5.23. The highest BCUT2D eigenvalue weighted by Crippen LogP contribution is 2.49. The fourth-order valence-corrected chi connectivity index (χ4v) is 5.77. The molecule has 1 saturated carbocycles. The molecule has 0 saturated heterocycles. The molecule has 186 valence electrons. The van der Waals surface area contributed by atoms with Crippen LogP contribution >= 0.6 is 0 Å². The second-order valence-corrected chi connectivity index (χ2v) is 11.0. The summed E-state index contributed by atoms with van der Waals surface area (Å²) in [6, 6.07) is 20.2. The van der Waals surface area contributed by atoms with E-state index in [1.807, 2.05) is 64.2 Å². The van der Waals surface area contributed by atoms with E-state index in [9.17, 15) is 14.7 Å². The third kappa shape index (κ3) is 3.94. The molecule has 2 aliphatic rings. The van der Waals surface area contributed by atoms with Crippen molar-refractivity contribution in [3.05, 3.63) is 77.5 Å². The molecule has 0 atom stereocenters. The standard InChI is InChI=1S/C30H33N3O3/c1-29(2,3)33(28(35)36)30(16-8-17-30)22-13-11-21(12-14-22)26-23(20-9-6-5-7-10-20)19-24-25(31-26)15-18-32(4)27(24)34/h5-7,9-14,19H,8,15-18H2,1-4H3,(H,35,36). The van der Waals surface area contributed by atoms with E-state index < -0.39 is 17.2 Å². The summed E-state index contributed by atoms with van der Waals surface area (Å²) in [6.45, 7) is 6.52. The van der Waals surface area contributed by atoms with Gasteiger partial charge in [-0.2, -0.15) is 0 Å². The molecular formula is C30H33N3O3. The van der Waals surface area contributed by atoms with Gasteiger partial charge in [0.05, 0.1) is 22.5 Å². The zero-order chi connectivity index (χ0) is 25.7. The number of hydrogen-bond acceptors (Lipinski definition) is 3. The van der Waals surface area contributed by atoms with Crippen molar-refractivity contribution in [2.24, 2.45) is 0 Å². The molecule has 1 N–H and O–H groups in total. The maximum Gasteiger partial charge on any atom is 0.408 e. The van der Waals surface area contributed by atoms with Gasteiger partial charge in [0.1, 0.15) is 0 Å². The Bertz CT molecular complexity index is 1310. The molecule has 0 bridgehead atoms. The molecule has 2 aromatic carbocycles. The Hall–Kier alpha value is -3.67. The molecule has 2 amide bonds. The van der Waals surface area contributed by atoms with Crippen molar-refractivity contribution < 1.29 is 14.7 Å². The number of aromatic nitrogens is 1. The first-order chi connectivity index (χ1) is 17.1. The molecule has 5 rings (SSSR count). The molecule has 1 aromatic heterocycles. The van der Waals surface area contributed by atoms with Gasteiger partial charge in [-0.05, 0) is 57.2 Å². The van der Waals surface area contributed by atoms with Gasteiger partial charge in [0.15, 0.2) is 0 Å². The van der Waals surface area contributed by atoms with Crippen LogP contribution < -0.4 is 0 Å². The Kier molecular flexibility index (Phi) is 5.86. The molecule has 1 aliphatic carbocycles. The number of hydrogen-bond donors (Lipinski definition) is 1. The predicted octanol–water partition coefficient (Wildman–Crippen LogP) is 6.20. The lowest BCUT2D eigenvalue weighted by molar-refractivity contribution is -0.0328. The summed E-state index contributed by atoms with van der Waals surface area (Å²) >= 11 is 0. The Morgan fingerprint density at radius 2 is 1.67 bits per heavy atom. The Labute approximate surface area is 212 Å². The molecule has 6 heteroatoms. The molecule has 0 radical (unpaired) electrons. The van der Waals surface area contributed by atoms with Crippen molar-refractivity contribution in [3.63, 3.8) is 0 Å². The first kappa shape index (κ1) is 24.0. The van der Waals surface area contributed by atoms with Gasteiger partial charge in [-0.15, -0.1) is 0 Å². The highest BCUT2D eigenvalue weighted by molar-refractivity contribution is 5.98. The monoisotopic (exact) mass is 483 g/mol. The summed E-state index contributed by atoms with van der Waals surface area (Å²) in [4.78, 5) is 33.6. The van der Waals surface area contributed by atoms with E-state index in [0.717, 1.165) is 59.3 Å². The third-order valence-electron chi connectivity index (χ3n) is 7.61. The zero-order valence-corrected chi connectivity index (χ0v) is 21.4. The number of carboxylic acid groups (broad SMARTS) is 1. The number of carbonyl (C=O) groups excluding carboxylic acids is 1. The number of fused-ring (bicyclic) bond motifs is 1. The van der Waals surface area contributed by atoms with Gasteiger partial charge in [0.2, 0.25) is 0 Å². The van der Waals surface area contributed by atoms with Gasteiger partial charge in [-0.1, -0.05) is 54.6 Å². The van der Waals surface area contributed by atoms with Crippen molar-refractivity contribution in [2.45, 2.75) is 57.5 Å². The zero-order valence-electron chi connectivity index (χ0n) is 21.4. The predicted molar refractivity (Wildman–Crippen MR) is 141 cm³/mol. The van der Waals surface area contributed by atoms with E-state index in [2.05, 4.69) is 24.3 Å². The molecule has 1 aliphatic heterocycles. The topological polar surface area (TPSA) is 73.7 Å². The van der Waals surface area contributed by atoms with Crippen LogP contribution in [0.15, 0.2) is 60.7 Å². The maximum atomic E-state index is 12.9. The van der Waals surface area contributed by atoms with E-state index >= 15 is 0 Å². The smallest absolute Gasteiger partial charge is 0.408 e. The quantitative estimate of drug-likeness (QED) is 0.479. The van der Waals surface area contributed by atoms with Crippen molar-refractivity contribution in [1.82, 2.24) is 14.8 Å². The molecule has 0 spiro atoms. The van der Waals surface area contributed by atoms with Crippen LogP contribution in [0.4, 0.5) is 4.79 Å². The fraction of sp³-hybridized carbons (Fsp3) is 0.367. The van der Waals surface area contributed by atoms with Crippen molar-refractivity contribution in [3.8, 4) is 22.4 Å². The van der Waals surface area contributed by atoms with E-state index in [1.54, 1.807) is 9.80 Å². The van der Waals surface area contributed by atoms with Crippen LogP contribution in [0.1, 0.15) is 61.6 Å². The first-order valence-corrected chi connectivity index (χ1v) is 12.6. The van der Waals surface area contributed by atoms with Crippen LogP contribution in [0.3, 0.4) is 0 Å². The number of nitrogens with zero attached hydrogens (tertiary/aromatic N) is 3. The summed E-state index contributed by atoms with van der Waals surface area (Å²) in [7, 11) is 1.83. The Balaban J connectivity index is 1.61. The largest absolute Gasteiger partial charge is 0.465 e. The van der Waals surface area contributed by atoms with E-state index in [4.69, 9.17) is 4.98 Å². The van der Waals surface area contributed by atoms with Crippen LogP contribution in [0.2, 0.25) is 0 Å². The van der Waals surface area contributed by atoms with Crippen LogP contribution in [0, 0.1) is 0 Å². The molecular weight excluding hydrogens is 450 g/mol. The van der Waals surface area contributed by atoms with Crippen LogP contribution in [-0.4, -0.2) is 51.0 Å². The molecule has 36 heavy (non-hydrogen) atoms. The lowest BCUT2D eigenvalue weighted by Crippen LogP contribution is -2.60. The normalized spacial score (nSPS) is 16.8. The lowest BCUT2D eigenvalue weighted by atomic mass is 9.69. The molecule has 6 nitrogen and oxygen atoms in total. The van der Waals surface area contributed by atoms with E-state index in [0.29, 0.717) is 12.1 Å². The van der Waals surface area contributed by atoms with E-state index in [1.165, 1.54) is 0 Å². The highest BCUT2D eigenvalue weighted by Gasteiger charge is 2.50. The van der Waals surface area contributed by atoms with Crippen molar-refractivity contribution in [1.29, 1.82) is 0 Å². The lowest BCUT2D eigenvalue weighted by Gasteiger charge is -2.54. The van der Waals surface area contributed by atoms with Gasteiger partial charge in [-0.3, -0.25) is 14.7 Å². The SMILES string of the molecule is CN1CCc2nc(-c3ccc(C4(N(C(=O)O)C(C)(C)C)CCC4)cc3)c(-c3ccccc3)cc2C1=O. The average molecular weight is 484 g/mol. The molecule has 3 aromatic rings. The van der Waals surface area contributed by atoms with Gasteiger partial charge in [0, 0.05) is 36.7 Å². The minimum Gasteiger partial charge on any atom is -0.465 e. The number of carbonyl (C=O) groups is 2. The summed E-state index contributed by atoms with van der Waals surface area (Å²) in [6.07, 6.45) is 2.48. The van der Waals surface area contributed by atoms with Gasteiger partial charge in [0.25, 0.3) is 5.91 Å². The number of likely N-dealkylation sites (N-methyl/N-ethyl adjacent to an activating group) is 1. The number of pyridine rings is 1. The third-order valence-corrected chi connectivity index (χ3v) is 7.61. The summed E-state index contributed by atoms with van der Waals surface area (Å²) in [5.74, 6) is 0.00527. The minimum absolute atomic E-state index is 0.00527. The van der Waals surface area contributed by atoms with E-state index in [-0.39, 0.29) is 5.91 Å². The number of rotatable bonds is 4. The molecule has 1 fully saturated rings. The van der Waals surface area contributed by atoms with Gasteiger partial charge >= 0.3 is 6.09 Å². The average Bonchev–Trinajstić information content (AvgIpc) is 2.83. The Morgan fingerprint density at radius 1 is 1.00 bits per heavy atom. The first-order valence-electron chi connectivity index (χ1n) is 12.6. The van der Waals surface area contributed by atoms with Crippen LogP contribution in [0.25, 0.3) is 22.4 Å². The fourth-order valence-electron chi connectivity index (χ4n) is 5.77. The molecule has 0 unspecified atom stereocenters. The number of amides is 2. The van der Waals surface area contributed by atoms with Gasteiger partial charge in [-0.25, -0.2) is 4.79 Å². The van der Waals surface area contributed by atoms with Crippen molar-refractivity contribution in [2.75, 3.05) is 13.6 Å². The molecule has 2 heterocycles. The summed E-state index contributed by atoms with van der Waals surface area (Å²) < 4.78 is 0. The highest BCUT2D eigenvalue weighted by atomic mass is 16.4. The Morgan fingerprint density at radius 3 is 2.22 bits per heavy atom.